The molecule has 142 valence electrons. The normalized spacial score (nSPS) is 14.3. The van der Waals surface area contributed by atoms with Crippen molar-refractivity contribution >= 4 is 17.8 Å². The second kappa shape index (κ2) is 9.73. The molecule has 1 aliphatic rings. The minimum atomic E-state index is -0.0172. The molecule has 0 aliphatic carbocycles. The van der Waals surface area contributed by atoms with Gasteiger partial charge >= 0.3 is 0 Å². The van der Waals surface area contributed by atoms with E-state index in [1.54, 1.807) is 11.1 Å². The van der Waals surface area contributed by atoms with Gasteiger partial charge in [0.15, 0.2) is 6.61 Å². The molecule has 1 aliphatic heterocycles. The number of morpholine rings is 1. The predicted octanol–water partition coefficient (Wildman–Crippen LogP) is 3.07. The lowest BCUT2D eigenvalue weighted by atomic mass is 10.2. The summed E-state index contributed by atoms with van der Waals surface area (Å²) in [6.07, 6.45) is 1.78. The van der Waals surface area contributed by atoms with E-state index >= 15 is 0 Å². The number of benzene rings is 2. The number of rotatable bonds is 7. The molecule has 1 saturated heterocycles. The third-order valence-corrected chi connectivity index (χ3v) is 4.12. The van der Waals surface area contributed by atoms with Gasteiger partial charge in [0, 0.05) is 19.3 Å². The van der Waals surface area contributed by atoms with Gasteiger partial charge in [-0.1, -0.05) is 12.1 Å². The molecule has 0 bridgehead atoms. The Morgan fingerprint density at radius 2 is 1.85 bits per heavy atom. The van der Waals surface area contributed by atoms with Gasteiger partial charge in [-0.2, -0.15) is 0 Å². The lowest BCUT2D eigenvalue weighted by molar-refractivity contribution is -0.137. The summed E-state index contributed by atoms with van der Waals surface area (Å²) in [5, 5.41) is 0. The van der Waals surface area contributed by atoms with Crippen molar-refractivity contribution in [3.05, 3.63) is 54.1 Å². The van der Waals surface area contributed by atoms with E-state index in [9.17, 15) is 4.79 Å². The molecular weight excluding hydrogens is 344 g/mol. The zero-order valence-corrected chi connectivity index (χ0v) is 15.5. The number of carbonyl (C=O) groups is 1. The van der Waals surface area contributed by atoms with Crippen molar-refractivity contribution in [1.29, 1.82) is 0 Å². The van der Waals surface area contributed by atoms with Crippen LogP contribution in [0.3, 0.4) is 0 Å². The lowest BCUT2D eigenvalue weighted by Gasteiger charge is -2.26. The van der Waals surface area contributed by atoms with Crippen LogP contribution in [0.5, 0.6) is 11.5 Å². The van der Waals surface area contributed by atoms with Crippen LogP contribution in [0.25, 0.3) is 0 Å². The number of para-hydroxylation sites is 2. The molecule has 2 aromatic rings. The molecule has 1 fully saturated rings. The van der Waals surface area contributed by atoms with Crippen molar-refractivity contribution in [3.63, 3.8) is 0 Å². The zero-order valence-electron chi connectivity index (χ0n) is 15.5. The van der Waals surface area contributed by atoms with E-state index in [-0.39, 0.29) is 12.5 Å². The molecule has 0 atom stereocenters. The molecule has 0 N–H and O–H groups in total. The first-order chi connectivity index (χ1) is 13.3. The molecule has 6 heteroatoms. The van der Waals surface area contributed by atoms with Crippen molar-refractivity contribution in [3.8, 4) is 11.5 Å². The number of hydrogen-bond acceptors (Lipinski definition) is 5. The van der Waals surface area contributed by atoms with Crippen molar-refractivity contribution < 1.29 is 19.0 Å². The Bertz CT molecular complexity index is 768. The van der Waals surface area contributed by atoms with E-state index in [4.69, 9.17) is 14.2 Å². The minimum absolute atomic E-state index is 0.0172. The van der Waals surface area contributed by atoms with Crippen LogP contribution in [-0.4, -0.2) is 56.5 Å². The Hall–Kier alpha value is -2.86. The molecular formula is C21H24N2O4. The number of aliphatic imine (C=N–C) groups is 1. The molecule has 1 heterocycles. The molecule has 0 aromatic heterocycles. The minimum Gasteiger partial charge on any atom is -0.492 e. The third kappa shape index (κ3) is 5.56. The van der Waals surface area contributed by atoms with Crippen LogP contribution in [0.15, 0.2) is 53.5 Å². The number of nitrogens with zero attached hydrogens (tertiary/aromatic N) is 2. The Kier molecular flexibility index (Phi) is 6.82. The third-order valence-electron chi connectivity index (χ3n) is 4.12. The zero-order chi connectivity index (χ0) is 18.9. The van der Waals surface area contributed by atoms with Gasteiger partial charge in [0.05, 0.1) is 19.8 Å². The number of carbonyl (C=O) groups excluding carboxylic acids is 1. The van der Waals surface area contributed by atoms with Gasteiger partial charge in [-0.3, -0.25) is 9.79 Å². The summed E-state index contributed by atoms with van der Waals surface area (Å²) < 4.78 is 16.4. The summed E-state index contributed by atoms with van der Waals surface area (Å²) in [6.45, 7) is 5.01. The fourth-order valence-electron chi connectivity index (χ4n) is 2.68. The van der Waals surface area contributed by atoms with E-state index in [0.717, 1.165) is 17.0 Å². The van der Waals surface area contributed by atoms with Gasteiger partial charge in [0.25, 0.3) is 5.91 Å². The van der Waals surface area contributed by atoms with Crippen LogP contribution in [0.2, 0.25) is 0 Å². The Labute approximate surface area is 159 Å². The highest BCUT2D eigenvalue weighted by molar-refractivity contribution is 5.83. The maximum absolute atomic E-state index is 12.1. The maximum Gasteiger partial charge on any atom is 0.260 e. The van der Waals surface area contributed by atoms with E-state index in [0.29, 0.717) is 38.7 Å². The van der Waals surface area contributed by atoms with E-state index in [2.05, 4.69) is 4.99 Å². The van der Waals surface area contributed by atoms with Crippen LogP contribution in [0.4, 0.5) is 5.69 Å². The first-order valence-electron chi connectivity index (χ1n) is 9.10. The molecule has 0 saturated carbocycles. The van der Waals surface area contributed by atoms with Crippen molar-refractivity contribution in [2.45, 2.75) is 6.92 Å². The van der Waals surface area contributed by atoms with Crippen LogP contribution in [0.1, 0.15) is 12.5 Å². The largest absolute Gasteiger partial charge is 0.492 e. The molecule has 27 heavy (non-hydrogen) atoms. The summed E-state index contributed by atoms with van der Waals surface area (Å²) in [7, 11) is 0. The number of hydrogen-bond donors (Lipinski definition) is 0. The molecule has 1 amide bonds. The van der Waals surface area contributed by atoms with Crippen molar-refractivity contribution in [2.24, 2.45) is 4.99 Å². The molecule has 0 unspecified atom stereocenters. The quantitative estimate of drug-likeness (QED) is 0.705. The molecule has 2 aromatic carbocycles. The van der Waals surface area contributed by atoms with Crippen LogP contribution < -0.4 is 9.47 Å². The monoisotopic (exact) mass is 368 g/mol. The Balaban J connectivity index is 1.55. The van der Waals surface area contributed by atoms with Crippen LogP contribution in [-0.2, 0) is 9.53 Å². The number of ether oxygens (including phenoxy) is 3. The SMILES string of the molecule is CCOc1ccccc1N=Cc1ccc(OCC(=O)N2CCOCC2)cc1. The average Bonchev–Trinajstić information content (AvgIpc) is 2.73. The van der Waals surface area contributed by atoms with Gasteiger partial charge in [-0.25, -0.2) is 0 Å². The summed E-state index contributed by atoms with van der Waals surface area (Å²) in [4.78, 5) is 18.4. The standard InChI is InChI=1S/C21H24N2O4/c1-2-26-20-6-4-3-5-19(20)22-15-17-7-9-18(10-8-17)27-16-21(24)23-11-13-25-14-12-23/h3-10,15H,2,11-14,16H2,1H3. The van der Waals surface area contributed by atoms with Crippen LogP contribution in [0, 0.1) is 0 Å². The van der Waals surface area contributed by atoms with Gasteiger partial charge < -0.3 is 19.1 Å². The second-order valence-corrected chi connectivity index (χ2v) is 6.01. The molecule has 0 radical (unpaired) electrons. The lowest BCUT2D eigenvalue weighted by Crippen LogP contribution is -2.42. The molecule has 0 spiro atoms. The van der Waals surface area contributed by atoms with Gasteiger partial charge in [-0.15, -0.1) is 0 Å². The topological polar surface area (TPSA) is 60.4 Å². The summed E-state index contributed by atoms with van der Waals surface area (Å²) >= 11 is 0. The smallest absolute Gasteiger partial charge is 0.260 e. The highest BCUT2D eigenvalue weighted by Crippen LogP contribution is 2.26. The van der Waals surface area contributed by atoms with E-state index in [1.807, 2.05) is 55.5 Å². The maximum atomic E-state index is 12.1. The van der Waals surface area contributed by atoms with Crippen molar-refractivity contribution in [2.75, 3.05) is 39.5 Å². The summed E-state index contributed by atoms with van der Waals surface area (Å²) in [5.74, 6) is 1.40. The summed E-state index contributed by atoms with van der Waals surface area (Å²) in [5.41, 5.74) is 1.73. The highest BCUT2D eigenvalue weighted by Gasteiger charge is 2.16. The van der Waals surface area contributed by atoms with E-state index in [1.165, 1.54) is 0 Å². The number of amides is 1. The Morgan fingerprint density at radius 3 is 2.59 bits per heavy atom. The second-order valence-electron chi connectivity index (χ2n) is 6.01. The highest BCUT2D eigenvalue weighted by atomic mass is 16.5. The predicted molar refractivity (Wildman–Crippen MR) is 104 cm³/mol. The van der Waals surface area contributed by atoms with Gasteiger partial charge in [-0.05, 0) is 48.9 Å². The van der Waals surface area contributed by atoms with Crippen molar-refractivity contribution in [1.82, 2.24) is 4.90 Å². The van der Waals surface area contributed by atoms with Gasteiger partial charge in [0.2, 0.25) is 0 Å². The first kappa shape index (κ1) is 18.9. The average molecular weight is 368 g/mol. The molecule has 6 nitrogen and oxygen atoms in total. The summed E-state index contributed by atoms with van der Waals surface area (Å²) in [6, 6.07) is 15.1. The first-order valence-corrected chi connectivity index (χ1v) is 9.10. The fourth-order valence-corrected chi connectivity index (χ4v) is 2.68. The Morgan fingerprint density at radius 1 is 1.11 bits per heavy atom. The molecule has 3 rings (SSSR count). The fraction of sp³-hybridized carbons (Fsp3) is 0.333. The van der Waals surface area contributed by atoms with Crippen LogP contribution >= 0.6 is 0 Å². The van der Waals surface area contributed by atoms with Gasteiger partial charge in [0.1, 0.15) is 17.2 Å². The van der Waals surface area contributed by atoms with E-state index < -0.39 is 0 Å².